The monoisotopic (exact) mass is 258 g/mol. The van der Waals surface area contributed by atoms with Gasteiger partial charge >= 0.3 is 0 Å². The fourth-order valence-corrected chi connectivity index (χ4v) is 1.89. The third-order valence-corrected chi connectivity index (χ3v) is 2.85. The normalized spacial score (nSPS) is 12.3. The van der Waals surface area contributed by atoms with Crippen molar-refractivity contribution < 1.29 is 4.74 Å². The van der Waals surface area contributed by atoms with Gasteiger partial charge in [0, 0.05) is 32.3 Å². The molecule has 0 rings (SSSR count). The SMILES string of the molecule is CC(C)CN(CCNCCCOC(C)C)C(C)C. The summed E-state index contributed by atoms with van der Waals surface area (Å²) in [5.74, 6) is 0.742. The minimum absolute atomic E-state index is 0.354. The van der Waals surface area contributed by atoms with E-state index in [0.717, 1.165) is 38.6 Å². The molecule has 3 nitrogen and oxygen atoms in total. The Morgan fingerprint density at radius 3 is 2.17 bits per heavy atom. The van der Waals surface area contributed by atoms with Gasteiger partial charge in [0.25, 0.3) is 0 Å². The molecule has 0 bridgehead atoms. The molecule has 0 aromatic rings. The van der Waals surface area contributed by atoms with Gasteiger partial charge in [-0.1, -0.05) is 13.8 Å². The van der Waals surface area contributed by atoms with Crippen LogP contribution in [0.4, 0.5) is 0 Å². The van der Waals surface area contributed by atoms with Gasteiger partial charge in [-0.3, -0.25) is 4.90 Å². The molecule has 0 amide bonds. The van der Waals surface area contributed by atoms with E-state index in [2.05, 4.69) is 51.8 Å². The van der Waals surface area contributed by atoms with Gasteiger partial charge in [0.2, 0.25) is 0 Å². The van der Waals surface area contributed by atoms with Crippen molar-refractivity contribution in [3.05, 3.63) is 0 Å². The maximum atomic E-state index is 5.51. The van der Waals surface area contributed by atoms with Crippen LogP contribution in [0.5, 0.6) is 0 Å². The second-order valence-electron chi connectivity index (χ2n) is 6.01. The van der Waals surface area contributed by atoms with Crippen LogP contribution in [-0.2, 0) is 4.74 Å². The van der Waals surface area contributed by atoms with Crippen LogP contribution in [0.3, 0.4) is 0 Å². The highest BCUT2D eigenvalue weighted by atomic mass is 16.5. The molecule has 3 heteroatoms. The van der Waals surface area contributed by atoms with Gasteiger partial charge in [-0.15, -0.1) is 0 Å². The summed E-state index contributed by atoms with van der Waals surface area (Å²) in [5, 5.41) is 3.50. The van der Waals surface area contributed by atoms with Gasteiger partial charge < -0.3 is 10.1 Å². The molecule has 0 saturated heterocycles. The predicted octanol–water partition coefficient (Wildman–Crippen LogP) is 2.76. The van der Waals surface area contributed by atoms with Crippen molar-refractivity contribution in [2.75, 3.05) is 32.8 Å². The summed E-state index contributed by atoms with van der Waals surface area (Å²) in [6.07, 6.45) is 1.46. The number of ether oxygens (including phenoxy) is 1. The maximum absolute atomic E-state index is 5.51. The zero-order valence-electron chi connectivity index (χ0n) is 13.3. The smallest absolute Gasteiger partial charge is 0.0518 e. The van der Waals surface area contributed by atoms with Crippen LogP contribution in [0.15, 0.2) is 0 Å². The van der Waals surface area contributed by atoms with Crippen molar-refractivity contribution >= 4 is 0 Å². The third kappa shape index (κ3) is 11.0. The number of hydrogen-bond donors (Lipinski definition) is 1. The van der Waals surface area contributed by atoms with E-state index in [1.807, 2.05) is 0 Å². The first-order valence-electron chi connectivity index (χ1n) is 7.49. The molecule has 0 aromatic heterocycles. The quantitative estimate of drug-likeness (QED) is 0.577. The van der Waals surface area contributed by atoms with Crippen molar-refractivity contribution in [3.8, 4) is 0 Å². The minimum atomic E-state index is 0.354. The second-order valence-corrected chi connectivity index (χ2v) is 6.01. The van der Waals surface area contributed by atoms with Crippen molar-refractivity contribution in [2.24, 2.45) is 5.92 Å². The van der Waals surface area contributed by atoms with E-state index in [4.69, 9.17) is 4.74 Å². The fraction of sp³-hybridized carbons (Fsp3) is 1.00. The van der Waals surface area contributed by atoms with Crippen molar-refractivity contribution in [1.82, 2.24) is 10.2 Å². The lowest BCUT2D eigenvalue weighted by Gasteiger charge is -2.28. The Bertz CT molecular complexity index is 181. The highest BCUT2D eigenvalue weighted by Gasteiger charge is 2.10. The summed E-state index contributed by atoms with van der Waals surface area (Å²) in [7, 11) is 0. The molecule has 0 heterocycles. The van der Waals surface area contributed by atoms with E-state index in [0.29, 0.717) is 12.1 Å². The molecular formula is C15H34N2O. The molecule has 0 atom stereocenters. The van der Waals surface area contributed by atoms with E-state index in [9.17, 15) is 0 Å². The Labute approximate surface area is 114 Å². The highest BCUT2D eigenvalue weighted by molar-refractivity contribution is 4.66. The van der Waals surface area contributed by atoms with E-state index in [1.54, 1.807) is 0 Å². The lowest BCUT2D eigenvalue weighted by molar-refractivity contribution is 0.0769. The molecule has 110 valence electrons. The molecule has 0 aromatic carbocycles. The Morgan fingerprint density at radius 1 is 1.00 bits per heavy atom. The minimum Gasteiger partial charge on any atom is -0.379 e. The van der Waals surface area contributed by atoms with Gasteiger partial charge in [0.05, 0.1) is 6.10 Å². The lowest BCUT2D eigenvalue weighted by atomic mass is 10.2. The molecule has 0 aliphatic rings. The average molecular weight is 258 g/mol. The van der Waals surface area contributed by atoms with Crippen LogP contribution >= 0.6 is 0 Å². The van der Waals surface area contributed by atoms with Crippen molar-refractivity contribution in [1.29, 1.82) is 0 Å². The van der Waals surface area contributed by atoms with Crippen LogP contribution < -0.4 is 5.32 Å². The Hall–Kier alpha value is -0.120. The summed E-state index contributed by atoms with van der Waals surface area (Å²) in [6.45, 7) is 18.6. The molecule has 0 saturated carbocycles. The van der Waals surface area contributed by atoms with Crippen LogP contribution in [0.1, 0.15) is 48.0 Å². The molecule has 18 heavy (non-hydrogen) atoms. The van der Waals surface area contributed by atoms with E-state index in [-0.39, 0.29) is 0 Å². The van der Waals surface area contributed by atoms with Gasteiger partial charge in [-0.25, -0.2) is 0 Å². The molecule has 0 unspecified atom stereocenters. The van der Waals surface area contributed by atoms with Crippen LogP contribution in [0.2, 0.25) is 0 Å². The predicted molar refractivity (Wildman–Crippen MR) is 80.1 cm³/mol. The van der Waals surface area contributed by atoms with E-state index < -0.39 is 0 Å². The summed E-state index contributed by atoms with van der Waals surface area (Å²) >= 11 is 0. The molecular weight excluding hydrogens is 224 g/mol. The molecule has 1 N–H and O–H groups in total. The molecule has 0 radical (unpaired) electrons. The van der Waals surface area contributed by atoms with E-state index in [1.165, 1.54) is 6.54 Å². The Kier molecular flexibility index (Phi) is 10.7. The first-order chi connectivity index (χ1) is 8.43. The summed E-state index contributed by atoms with van der Waals surface area (Å²) in [6, 6.07) is 0.637. The van der Waals surface area contributed by atoms with Gasteiger partial charge in [0.15, 0.2) is 0 Å². The van der Waals surface area contributed by atoms with Gasteiger partial charge in [0.1, 0.15) is 0 Å². The maximum Gasteiger partial charge on any atom is 0.0518 e. The topological polar surface area (TPSA) is 24.5 Å². The zero-order valence-corrected chi connectivity index (χ0v) is 13.3. The van der Waals surface area contributed by atoms with E-state index >= 15 is 0 Å². The fourth-order valence-electron chi connectivity index (χ4n) is 1.89. The molecule has 0 fully saturated rings. The van der Waals surface area contributed by atoms with Crippen LogP contribution in [0, 0.1) is 5.92 Å². The summed E-state index contributed by atoms with van der Waals surface area (Å²) in [5.41, 5.74) is 0. The van der Waals surface area contributed by atoms with Crippen LogP contribution in [0.25, 0.3) is 0 Å². The summed E-state index contributed by atoms with van der Waals surface area (Å²) < 4.78 is 5.51. The van der Waals surface area contributed by atoms with Crippen molar-refractivity contribution in [2.45, 2.75) is 60.1 Å². The Balaban J connectivity index is 3.49. The zero-order chi connectivity index (χ0) is 14.0. The number of rotatable bonds is 11. The molecule has 0 aliphatic heterocycles. The van der Waals surface area contributed by atoms with Gasteiger partial charge in [-0.05, 0) is 46.6 Å². The standard InChI is InChI=1S/C15H34N2O/c1-13(2)12-17(14(3)4)10-9-16-8-7-11-18-15(5)6/h13-16H,7-12H2,1-6H3. The van der Waals surface area contributed by atoms with Crippen LogP contribution in [-0.4, -0.2) is 49.8 Å². The highest BCUT2D eigenvalue weighted by Crippen LogP contribution is 2.02. The first-order valence-corrected chi connectivity index (χ1v) is 7.49. The lowest BCUT2D eigenvalue weighted by Crippen LogP contribution is -2.39. The number of hydrogen-bond acceptors (Lipinski definition) is 3. The summed E-state index contributed by atoms with van der Waals surface area (Å²) in [4.78, 5) is 2.54. The molecule has 0 spiro atoms. The number of nitrogens with zero attached hydrogens (tertiary/aromatic N) is 1. The second kappa shape index (κ2) is 10.8. The van der Waals surface area contributed by atoms with Gasteiger partial charge in [-0.2, -0.15) is 0 Å². The molecule has 0 aliphatic carbocycles. The van der Waals surface area contributed by atoms with Crippen molar-refractivity contribution in [3.63, 3.8) is 0 Å². The average Bonchev–Trinajstić information content (AvgIpc) is 2.25. The number of nitrogens with one attached hydrogen (secondary N) is 1. The largest absolute Gasteiger partial charge is 0.379 e. The third-order valence-electron chi connectivity index (χ3n) is 2.85. The first kappa shape index (κ1) is 17.9. The Morgan fingerprint density at radius 2 is 1.67 bits per heavy atom.